The number of benzene rings is 6. The van der Waals surface area contributed by atoms with Gasteiger partial charge in [-0.15, -0.1) is 48.1 Å². The summed E-state index contributed by atoms with van der Waals surface area (Å²) >= 11 is 0. The van der Waals surface area contributed by atoms with Gasteiger partial charge in [-0.2, -0.15) is 12.1 Å². The standard InChI is InChI=1S/C50H42FN4O.Pt/c1-49(2,3)34-27-28-52-47(29-34)55-43-18-8-7-15-40(43)41-26-25-38(31-46(41)55)56-37-14-11-13-36(30-37)53-32-54(45-20-10-9-19-44(45)53)48-39(33-21-23-35(51)24-22-33)16-12-17-42(48)50(4,5)6;/h7-29,32H,1-6H3;/q-3;. The number of hydrogen-bond acceptors (Lipinski definition) is 4. The predicted octanol–water partition coefficient (Wildman–Crippen LogP) is 13.4. The van der Waals surface area contributed by atoms with E-state index in [-0.39, 0.29) is 37.7 Å². The molecule has 2 aromatic heterocycles. The molecular formula is C50H42FN4OPt-3. The van der Waals surface area contributed by atoms with Crippen LogP contribution < -0.4 is 14.5 Å². The molecule has 57 heavy (non-hydrogen) atoms. The number of halogens is 1. The van der Waals surface area contributed by atoms with Crippen LogP contribution >= 0.6 is 0 Å². The summed E-state index contributed by atoms with van der Waals surface area (Å²) in [6, 6.07) is 51.3. The average Bonchev–Trinajstić information content (AvgIpc) is 3.73. The van der Waals surface area contributed by atoms with Crippen LogP contribution in [0.25, 0.3) is 38.8 Å². The number of aromatic nitrogens is 2. The minimum absolute atomic E-state index is 0. The van der Waals surface area contributed by atoms with Crippen LogP contribution in [-0.4, -0.2) is 9.55 Å². The zero-order valence-electron chi connectivity index (χ0n) is 32.7. The summed E-state index contributed by atoms with van der Waals surface area (Å²) < 4.78 is 22.8. The Hall–Kier alpha value is -5.71. The van der Waals surface area contributed by atoms with E-state index >= 15 is 0 Å². The van der Waals surface area contributed by atoms with Crippen molar-refractivity contribution in [2.24, 2.45) is 0 Å². The average molecular weight is 929 g/mol. The van der Waals surface area contributed by atoms with Crippen LogP contribution in [-0.2, 0) is 31.9 Å². The summed E-state index contributed by atoms with van der Waals surface area (Å²) in [5.74, 6) is 1.73. The van der Waals surface area contributed by atoms with Crippen molar-refractivity contribution in [3.05, 3.63) is 175 Å². The smallest absolute Gasteiger partial charge is 0.135 e. The number of ether oxygens (including phenoxy) is 1. The molecule has 1 aliphatic heterocycles. The van der Waals surface area contributed by atoms with Crippen molar-refractivity contribution in [2.75, 3.05) is 9.80 Å². The van der Waals surface area contributed by atoms with E-state index in [4.69, 9.17) is 9.72 Å². The first-order chi connectivity index (χ1) is 26.9. The molecule has 0 saturated carbocycles. The van der Waals surface area contributed by atoms with E-state index in [1.54, 1.807) is 0 Å². The quantitative estimate of drug-likeness (QED) is 0.156. The van der Waals surface area contributed by atoms with Gasteiger partial charge in [-0.25, -0.2) is 9.37 Å². The van der Waals surface area contributed by atoms with Crippen LogP contribution in [0.4, 0.5) is 27.1 Å². The summed E-state index contributed by atoms with van der Waals surface area (Å²) in [5, 5.41) is 2.21. The first kappa shape index (κ1) is 38.2. The van der Waals surface area contributed by atoms with Crippen molar-refractivity contribution >= 4 is 44.6 Å². The van der Waals surface area contributed by atoms with E-state index in [2.05, 4.69) is 160 Å². The number of nitrogens with zero attached hydrogens (tertiary/aromatic N) is 4. The normalized spacial score (nSPS) is 12.9. The van der Waals surface area contributed by atoms with Gasteiger partial charge in [0.15, 0.2) is 0 Å². The van der Waals surface area contributed by atoms with Crippen LogP contribution in [0, 0.1) is 24.6 Å². The minimum Gasteiger partial charge on any atom is -0.509 e. The first-order valence-corrected chi connectivity index (χ1v) is 19.0. The summed E-state index contributed by atoms with van der Waals surface area (Å²) in [4.78, 5) is 9.22. The van der Waals surface area contributed by atoms with Crippen LogP contribution in [0.3, 0.4) is 0 Å². The summed E-state index contributed by atoms with van der Waals surface area (Å²) in [6.07, 6.45) is 1.89. The van der Waals surface area contributed by atoms with Crippen molar-refractivity contribution in [2.45, 2.75) is 52.4 Å². The zero-order valence-corrected chi connectivity index (χ0v) is 35.0. The second-order valence-corrected chi connectivity index (χ2v) is 16.4. The van der Waals surface area contributed by atoms with E-state index < -0.39 is 0 Å². The largest absolute Gasteiger partial charge is 0.509 e. The molecule has 0 unspecified atom stereocenters. The van der Waals surface area contributed by atoms with Gasteiger partial charge in [0, 0.05) is 66.9 Å². The van der Waals surface area contributed by atoms with Gasteiger partial charge >= 0.3 is 0 Å². The molecule has 0 N–H and O–H groups in total. The Bertz CT molecular complexity index is 2760. The van der Waals surface area contributed by atoms with Gasteiger partial charge in [0.05, 0.1) is 0 Å². The fourth-order valence-corrected chi connectivity index (χ4v) is 7.69. The zero-order chi connectivity index (χ0) is 38.8. The molecule has 288 valence electrons. The molecular weight excluding hydrogens is 887 g/mol. The molecule has 0 amide bonds. The number of fused-ring (bicyclic) bond motifs is 4. The molecule has 5 nitrogen and oxygen atoms in total. The van der Waals surface area contributed by atoms with Crippen LogP contribution in [0.15, 0.2) is 140 Å². The van der Waals surface area contributed by atoms with Gasteiger partial charge in [-0.05, 0) is 75.4 Å². The molecule has 6 aromatic carbocycles. The fourth-order valence-electron chi connectivity index (χ4n) is 7.69. The Morgan fingerprint density at radius 1 is 0.649 bits per heavy atom. The number of para-hydroxylation sites is 4. The summed E-state index contributed by atoms with van der Waals surface area (Å²) in [5.41, 5.74) is 10.0. The van der Waals surface area contributed by atoms with Crippen molar-refractivity contribution in [1.82, 2.24) is 9.55 Å². The van der Waals surface area contributed by atoms with Crippen molar-refractivity contribution in [3.63, 3.8) is 0 Å². The Labute approximate surface area is 348 Å². The maximum Gasteiger partial charge on any atom is 0.135 e. The van der Waals surface area contributed by atoms with Gasteiger partial charge in [0.25, 0.3) is 0 Å². The predicted molar refractivity (Wildman–Crippen MR) is 227 cm³/mol. The molecule has 1 aliphatic rings. The monoisotopic (exact) mass is 928 g/mol. The first-order valence-electron chi connectivity index (χ1n) is 19.0. The molecule has 0 radical (unpaired) electrons. The summed E-state index contributed by atoms with van der Waals surface area (Å²) in [7, 11) is 0. The third kappa shape index (κ3) is 7.02. The Kier molecular flexibility index (Phi) is 9.82. The van der Waals surface area contributed by atoms with Crippen LogP contribution in [0.1, 0.15) is 52.7 Å². The van der Waals surface area contributed by atoms with E-state index in [0.717, 1.165) is 61.5 Å². The van der Waals surface area contributed by atoms with Gasteiger partial charge in [0.1, 0.15) is 11.6 Å². The molecule has 9 rings (SSSR count). The molecule has 0 fully saturated rings. The van der Waals surface area contributed by atoms with Crippen molar-refractivity contribution < 1.29 is 30.2 Å². The molecule has 7 heteroatoms. The maximum absolute atomic E-state index is 14.1. The third-order valence-corrected chi connectivity index (χ3v) is 10.5. The SMILES string of the molecule is CC(C)(C)c1ccnc(-n2c3[c-]c(Oc4[c-]c(N5[CH-]N(c6c(-c7ccc(F)cc7)cccc6C(C)(C)C)c6ccccc65)ccc4)ccc3c3ccccc32)c1.[Pt]. The topological polar surface area (TPSA) is 33.5 Å². The van der Waals surface area contributed by atoms with Crippen molar-refractivity contribution in [3.8, 4) is 28.4 Å². The third-order valence-electron chi connectivity index (χ3n) is 10.5. The fraction of sp³-hybridized carbons (Fsp3) is 0.160. The summed E-state index contributed by atoms with van der Waals surface area (Å²) in [6.45, 7) is 15.4. The number of pyridine rings is 1. The van der Waals surface area contributed by atoms with E-state index in [1.807, 2.05) is 42.6 Å². The molecule has 0 saturated heterocycles. The Morgan fingerprint density at radius 3 is 2.11 bits per heavy atom. The molecule has 8 aromatic rings. The van der Waals surface area contributed by atoms with Crippen LogP contribution in [0.2, 0.25) is 0 Å². The number of hydrogen-bond donors (Lipinski definition) is 0. The van der Waals surface area contributed by atoms with E-state index in [9.17, 15) is 4.39 Å². The number of rotatable bonds is 6. The second-order valence-electron chi connectivity index (χ2n) is 16.4. The van der Waals surface area contributed by atoms with Gasteiger partial charge in [-0.1, -0.05) is 108 Å². The second kappa shape index (κ2) is 14.7. The molecule has 3 heterocycles. The molecule has 0 atom stereocenters. The van der Waals surface area contributed by atoms with Gasteiger partial charge in [0.2, 0.25) is 0 Å². The van der Waals surface area contributed by atoms with Gasteiger partial charge in [-0.3, -0.25) is 0 Å². The molecule has 0 aliphatic carbocycles. The van der Waals surface area contributed by atoms with E-state index in [1.165, 1.54) is 23.3 Å². The minimum atomic E-state index is -0.257. The number of anilines is 4. The van der Waals surface area contributed by atoms with Crippen LogP contribution in [0.5, 0.6) is 11.5 Å². The Morgan fingerprint density at radius 2 is 1.35 bits per heavy atom. The van der Waals surface area contributed by atoms with Crippen molar-refractivity contribution in [1.29, 1.82) is 0 Å². The molecule has 0 bridgehead atoms. The maximum atomic E-state index is 14.1. The Balaban J connectivity index is 0.00000455. The van der Waals surface area contributed by atoms with Gasteiger partial charge < -0.3 is 19.1 Å². The molecule has 0 spiro atoms. The van der Waals surface area contributed by atoms with E-state index in [0.29, 0.717) is 11.5 Å².